The van der Waals surface area contributed by atoms with E-state index in [1.165, 1.54) is 12.8 Å². The van der Waals surface area contributed by atoms with E-state index < -0.39 is 11.9 Å². The number of carbonyl (C=O) groups is 2. The van der Waals surface area contributed by atoms with Gasteiger partial charge in [0.2, 0.25) is 12.7 Å². The highest BCUT2D eigenvalue weighted by Gasteiger charge is 2.13. The van der Waals surface area contributed by atoms with E-state index in [-0.39, 0.29) is 6.42 Å². The van der Waals surface area contributed by atoms with Crippen LogP contribution in [0.2, 0.25) is 0 Å². The van der Waals surface area contributed by atoms with Crippen molar-refractivity contribution in [3.8, 4) is 0 Å². The smallest absolute Gasteiger partial charge is 0.239 e. The molecule has 160 valence electrons. The maximum atomic E-state index is 10.5. The van der Waals surface area contributed by atoms with Gasteiger partial charge in [0.15, 0.2) is 0 Å². The molecule has 2 aromatic rings. The van der Waals surface area contributed by atoms with Crippen molar-refractivity contribution in [2.24, 2.45) is 11.8 Å². The van der Waals surface area contributed by atoms with Gasteiger partial charge in [-0.25, -0.2) is 0 Å². The first-order valence-corrected chi connectivity index (χ1v) is 9.72. The van der Waals surface area contributed by atoms with Gasteiger partial charge < -0.3 is 19.8 Å². The van der Waals surface area contributed by atoms with Crippen LogP contribution < -0.4 is 20.2 Å². The molecule has 2 unspecified atom stereocenters. The summed E-state index contributed by atoms with van der Waals surface area (Å²) in [4.78, 5) is 30.6. The molecule has 8 nitrogen and oxygen atoms in total. The lowest BCUT2D eigenvalue weighted by Crippen LogP contribution is -2.25. The third-order valence-electron chi connectivity index (χ3n) is 3.86. The fourth-order valence-corrected chi connectivity index (χ4v) is 2.48. The lowest BCUT2D eigenvalue weighted by atomic mass is 9.86. The van der Waals surface area contributed by atoms with Crippen LogP contribution in [0, 0.1) is 11.8 Å². The Morgan fingerprint density at radius 3 is 1.61 bits per heavy atom. The molecule has 2 rings (SSSR count). The van der Waals surface area contributed by atoms with Crippen molar-refractivity contribution in [3.05, 3.63) is 37.4 Å². The van der Waals surface area contributed by atoms with Crippen LogP contribution >= 0.6 is 0 Å². The maximum Gasteiger partial charge on any atom is 0.239 e. The molecule has 2 aromatic heterocycles. The number of rotatable bonds is 8. The Kier molecular flexibility index (Phi) is 20.4. The quantitative estimate of drug-likeness (QED) is 0.680. The summed E-state index contributed by atoms with van der Waals surface area (Å²) in [6.45, 7) is 7.40. The Labute approximate surface area is 167 Å². The molecule has 2 heterocycles. The lowest BCUT2D eigenvalue weighted by Gasteiger charge is -2.21. The second kappa shape index (κ2) is 20.7. The monoisotopic (exact) mass is 396 g/mol. The molecular weight excluding hydrogens is 360 g/mol. The van der Waals surface area contributed by atoms with Crippen LogP contribution in [0.4, 0.5) is 0 Å². The van der Waals surface area contributed by atoms with Crippen LogP contribution in [-0.4, -0.2) is 21.9 Å². The Morgan fingerprint density at radius 2 is 1.39 bits per heavy atom. The topological polar surface area (TPSA) is 140 Å². The molecular formula is C20H36N4O4. The van der Waals surface area contributed by atoms with Gasteiger partial charge in [-0.1, -0.05) is 46.5 Å². The minimum absolute atomic E-state index is 0.233. The highest BCUT2D eigenvalue weighted by atomic mass is 16.4. The van der Waals surface area contributed by atoms with Crippen molar-refractivity contribution in [3.63, 3.8) is 0 Å². The van der Waals surface area contributed by atoms with E-state index in [4.69, 9.17) is 9.90 Å². The SMILES string of the molecule is CC(=O)[O-].CCCC(CC)CC(CC)CC(=O)[O-].c1c[nH+]c[nH]1.c1c[nH+]c[nH]1. The predicted octanol–water partition coefficient (Wildman–Crippen LogP) is 0.783. The van der Waals surface area contributed by atoms with Crippen LogP contribution in [0.1, 0.15) is 66.2 Å². The van der Waals surface area contributed by atoms with Gasteiger partial charge in [-0.2, -0.15) is 0 Å². The number of imidazole rings is 2. The van der Waals surface area contributed by atoms with E-state index in [0.717, 1.165) is 26.2 Å². The van der Waals surface area contributed by atoms with Crippen molar-refractivity contribution < 1.29 is 29.8 Å². The van der Waals surface area contributed by atoms with Crippen molar-refractivity contribution >= 4 is 11.9 Å². The number of hydrogen-bond acceptors (Lipinski definition) is 4. The largest absolute Gasteiger partial charge is 0.550 e. The van der Waals surface area contributed by atoms with E-state index in [2.05, 4.69) is 40.7 Å². The van der Waals surface area contributed by atoms with Crippen LogP contribution in [0.3, 0.4) is 0 Å². The number of aliphatic carboxylic acids is 2. The summed E-state index contributed by atoms with van der Waals surface area (Å²) in [7, 11) is 0. The number of hydrogen-bond donors (Lipinski definition) is 2. The zero-order valence-corrected chi connectivity index (χ0v) is 17.5. The summed E-state index contributed by atoms with van der Waals surface area (Å²) in [5, 5.41) is 19.4. The predicted molar refractivity (Wildman–Crippen MR) is 102 cm³/mol. The molecule has 0 fully saturated rings. The molecule has 8 heteroatoms. The van der Waals surface area contributed by atoms with Crippen LogP contribution in [-0.2, 0) is 9.59 Å². The molecule has 0 aliphatic rings. The number of aromatic nitrogens is 4. The number of nitrogens with one attached hydrogen (secondary N) is 4. The summed E-state index contributed by atoms with van der Waals surface area (Å²) in [5.41, 5.74) is 0. The summed E-state index contributed by atoms with van der Waals surface area (Å²) < 4.78 is 0. The minimum Gasteiger partial charge on any atom is -0.550 e. The van der Waals surface area contributed by atoms with Gasteiger partial charge in [0.25, 0.3) is 0 Å². The minimum atomic E-state index is -1.08. The third-order valence-corrected chi connectivity index (χ3v) is 3.86. The molecule has 0 bridgehead atoms. The fraction of sp³-hybridized carbons (Fsp3) is 0.600. The first-order valence-electron chi connectivity index (χ1n) is 9.72. The van der Waals surface area contributed by atoms with E-state index in [1.807, 2.05) is 24.8 Å². The van der Waals surface area contributed by atoms with Gasteiger partial charge >= 0.3 is 0 Å². The van der Waals surface area contributed by atoms with Crippen LogP contribution in [0.15, 0.2) is 37.4 Å². The molecule has 0 aliphatic carbocycles. The molecule has 0 spiro atoms. The Hall–Kier alpha value is -2.64. The molecule has 2 atom stereocenters. The fourth-order valence-electron chi connectivity index (χ4n) is 2.48. The van der Waals surface area contributed by atoms with Gasteiger partial charge in [-0.15, -0.1) is 0 Å². The van der Waals surface area contributed by atoms with Gasteiger partial charge in [-0.05, 0) is 31.6 Å². The molecule has 0 saturated heterocycles. The number of carboxylic acid groups (broad SMARTS) is 2. The lowest BCUT2D eigenvalue weighted by molar-refractivity contribution is -0.376. The molecule has 0 amide bonds. The average molecular weight is 397 g/mol. The standard InChI is InChI=1S/C12H24O2.2C3H4N2.C2H4O2/c1-4-7-10(5-2)8-11(6-3)9-12(13)14;2*1-2-5-3-4-1;1-2(3)4/h10-11H,4-9H2,1-3H3,(H,13,14);2*1-3H,(H,4,5);1H3,(H,3,4). The number of aromatic amines is 4. The Morgan fingerprint density at radius 1 is 0.929 bits per heavy atom. The highest BCUT2D eigenvalue weighted by molar-refractivity contribution is 5.64. The van der Waals surface area contributed by atoms with Gasteiger partial charge in [-0.3, -0.25) is 19.9 Å². The van der Waals surface area contributed by atoms with Crippen molar-refractivity contribution in [2.45, 2.75) is 66.2 Å². The summed E-state index contributed by atoms with van der Waals surface area (Å²) in [6, 6.07) is 0. The van der Waals surface area contributed by atoms with Crippen molar-refractivity contribution in [1.82, 2.24) is 9.97 Å². The van der Waals surface area contributed by atoms with E-state index in [9.17, 15) is 9.90 Å². The molecule has 28 heavy (non-hydrogen) atoms. The third kappa shape index (κ3) is 23.4. The van der Waals surface area contributed by atoms with E-state index in [1.54, 1.807) is 12.7 Å². The molecule has 4 N–H and O–H groups in total. The number of carbonyl (C=O) groups excluding carboxylic acids is 2. The molecule has 0 radical (unpaired) electrons. The maximum absolute atomic E-state index is 10.5. The summed E-state index contributed by atoms with van der Waals surface area (Å²) in [6.07, 6.45) is 16.6. The van der Waals surface area contributed by atoms with Gasteiger partial charge in [0, 0.05) is 11.9 Å². The van der Waals surface area contributed by atoms with Gasteiger partial charge in [0.05, 0.1) is 0 Å². The van der Waals surface area contributed by atoms with E-state index >= 15 is 0 Å². The highest BCUT2D eigenvalue weighted by Crippen LogP contribution is 2.24. The van der Waals surface area contributed by atoms with Crippen molar-refractivity contribution in [1.29, 1.82) is 0 Å². The second-order valence-electron chi connectivity index (χ2n) is 6.26. The van der Waals surface area contributed by atoms with Crippen molar-refractivity contribution in [2.75, 3.05) is 0 Å². The van der Waals surface area contributed by atoms with Gasteiger partial charge in [0.1, 0.15) is 24.8 Å². The van der Waals surface area contributed by atoms with Crippen LogP contribution in [0.5, 0.6) is 0 Å². The molecule has 0 aliphatic heterocycles. The summed E-state index contributed by atoms with van der Waals surface area (Å²) >= 11 is 0. The average Bonchev–Trinajstić information content (AvgIpc) is 3.38. The Balaban J connectivity index is 0. The molecule has 0 aromatic carbocycles. The zero-order chi connectivity index (χ0) is 21.6. The summed E-state index contributed by atoms with van der Waals surface area (Å²) in [5.74, 6) is -0.969. The zero-order valence-electron chi connectivity index (χ0n) is 17.5. The normalized spacial score (nSPS) is 11.3. The second-order valence-corrected chi connectivity index (χ2v) is 6.26. The van der Waals surface area contributed by atoms with Crippen LogP contribution in [0.25, 0.3) is 0 Å². The first-order chi connectivity index (χ1) is 13.4. The molecule has 0 saturated carbocycles. The Bertz CT molecular complexity index is 480. The number of H-pyrrole nitrogens is 4. The van der Waals surface area contributed by atoms with E-state index in [0.29, 0.717) is 11.8 Å². The first kappa shape index (κ1) is 27.6. The number of carboxylic acids is 2.